The first-order valence-electron chi connectivity index (χ1n) is 12.7. The highest BCUT2D eigenvalue weighted by Crippen LogP contribution is 2.50. The van der Waals surface area contributed by atoms with Crippen LogP contribution in [0.4, 0.5) is 0 Å². The van der Waals surface area contributed by atoms with Crippen LogP contribution >= 0.6 is 0 Å². The Balaban J connectivity index is 1.57. The summed E-state index contributed by atoms with van der Waals surface area (Å²) in [5.41, 5.74) is 2.37. The molecular formula is C29H30O11. The van der Waals surface area contributed by atoms with Crippen molar-refractivity contribution in [3.63, 3.8) is 0 Å². The molecule has 4 unspecified atom stereocenters. The lowest BCUT2D eigenvalue weighted by Crippen LogP contribution is -2.39. The molecule has 4 atom stereocenters. The molecule has 1 saturated heterocycles. The number of hydrogen-bond acceptors (Lipinski definition) is 11. The van der Waals surface area contributed by atoms with Crippen molar-refractivity contribution in [3.8, 4) is 39.9 Å². The van der Waals surface area contributed by atoms with Crippen molar-refractivity contribution in [2.45, 2.75) is 31.2 Å². The van der Waals surface area contributed by atoms with E-state index in [1.165, 1.54) is 0 Å². The smallest absolute Gasteiger partial charge is 0.339 e. The molecule has 212 valence electrons. The summed E-state index contributed by atoms with van der Waals surface area (Å²) in [4.78, 5) is 13.3. The standard InChI is InChI=1S/C29H30O11/c1-31-12-22-26(34-4)27(35-5)29(39-22)40-25-16-10-20(33-3)19(32-2)9-15(16)23(24-17(25)11-36-28(24)30)14-6-7-18-21(8-14)38-13-37-18/h6-10,22,26-27,29H,11-13H2,1-5H3. The van der Waals surface area contributed by atoms with E-state index in [-0.39, 0.29) is 20.0 Å². The van der Waals surface area contributed by atoms with Crippen LogP contribution in [0.5, 0.6) is 28.7 Å². The van der Waals surface area contributed by atoms with Gasteiger partial charge < -0.3 is 47.4 Å². The first kappa shape index (κ1) is 26.5. The average molecular weight is 555 g/mol. The third-order valence-electron chi connectivity index (χ3n) is 7.45. The highest BCUT2D eigenvalue weighted by Gasteiger charge is 2.48. The third kappa shape index (κ3) is 4.17. The maximum atomic E-state index is 13.3. The highest BCUT2D eigenvalue weighted by atomic mass is 16.7. The van der Waals surface area contributed by atoms with Gasteiger partial charge in [0.2, 0.25) is 13.1 Å². The van der Waals surface area contributed by atoms with Gasteiger partial charge in [-0.1, -0.05) is 6.07 Å². The molecule has 3 aliphatic rings. The zero-order valence-corrected chi connectivity index (χ0v) is 22.8. The molecule has 11 heteroatoms. The molecular weight excluding hydrogens is 524 g/mol. The van der Waals surface area contributed by atoms with E-state index in [4.69, 9.17) is 47.4 Å². The van der Waals surface area contributed by atoms with E-state index in [9.17, 15) is 4.79 Å². The molecule has 0 radical (unpaired) electrons. The van der Waals surface area contributed by atoms with Gasteiger partial charge in [0, 0.05) is 37.8 Å². The fraction of sp³-hybridized carbons (Fsp3) is 0.414. The van der Waals surface area contributed by atoms with Crippen LogP contribution in [0.15, 0.2) is 30.3 Å². The van der Waals surface area contributed by atoms with E-state index >= 15 is 0 Å². The zero-order chi connectivity index (χ0) is 28.0. The summed E-state index contributed by atoms with van der Waals surface area (Å²) >= 11 is 0. The Morgan fingerprint density at radius 3 is 2.25 bits per heavy atom. The lowest BCUT2D eigenvalue weighted by Gasteiger charge is -2.24. The van der Waals surface area contributed by atoms with Crippen molar-refractivity contribution in [2.75, 3.05) is 48.9 Å². The van der Waals surface area contributed by atoms with E-state index in [1.54, 1.807) is 35.5 Å². The fourth-order valence-electron chi connectivity index (χ4n) is 5.63. The molecule has 3 aromatic rings. The number of cyclic esters (lactones) is 1. The second kappa shape index (κ2) is 10.7. The molecule has 0 saturated carbocycles. The Hall–Kier alpha value is -3.77. The number of hydrogen-bond donors (Lipinski definition) is 0. The number of esters is 1. The minimum absolute atomic E-state index is 0.0188. The lowest BCUT2D eigenvalue weighted by atomic mass is 9.89. The number of carbonyl (C=O) groups is 1. The summed E-state index contributed by atoms with van der Waals surface area (Å²) in [6.07, 6.45) is -2.29. The molecule has 3 aliphatic heterocycles. The first-order chi connectivity index (χ1) is 19.5. The SMILES string of the molecule is COCC1OC(Oc2c3c(c(-c4ccc5c(c4)OCO5)c4cc(OC)c(OC)cc24)C(=O)OC3)C(OC)C1OC. The van der Waals surface area contributed by atoms with Gasteiger partial charge in [0.05, 0.1) is 26.4 Å². The normalized spacial score (nSPS) is 22.9. The monoisotopic (exact) mass is 554 g/mol. The molecule has 3 aromatic carbocycles. The molecule has 1 fully saturated rings. The van der Waals surface area contributed by atoms with E-state index in [1.807, 2.05) is 30.3 Å². The molecule has 3 heterocycles. The molecule has 0 aromatic heterocycles. The average Bonchev–Trinajstić information content (AvgIpc) is 3.69. The molecule has 0 amide bonds. The van der Waals surface area contributed by atoms with Crippen LogP contribution < -0.4 is 23.7 Å². The van der Waals surface area contributed by atoms with Crippen molar-refractivity contribution in [3.05, 3.63) is 41.5 Å². The molecule has 0 bridgehead atoms. The fourth-order valence-corrected chi connectivity index (χ4v) is 5.63. The lowest BCUT2D eigenvalue weighted by molar-refractivity contribution is -0.125. The van der Waals surface area contributed by atoms with Crippen LogP contribution in [0, 0.1) is 0 Å². The Morgan fingerprint density at radius 2 is 1.55 bits per heavy atom. The predicted octanol–water partition coefficient (Wildman–Crippen LogP) is 3.70. The van der Waals surface area contributed by atoms with Gasteiger partial charge in [0.15, 0.2) is 23.0 Å². The number of ether oxygens (including phenoxy) is 10. The maximum Gasteiger partial charge on any atom is 0.339 e. The second-order valence-electron chi connectivity index (χ2n) is 9.47. The minimum Gasteiger partial charge on any atom is -0.493 e. The van der Waals surface area contributed by atoms with Crippen molar-refractivity contribution in [1.82, 2.24) is 0 Å². The van der Waals surface area contributed by atoms with E-state index in [0.29, 0.717) is 56.2 Å². The highest BCUT2D eigenvalue weighted by molar-refractivity contribution is 6.14. The zero-order valence-electron chi connectivity index (χ0n) is 22.8. The van der Waals surface area contributed by atoms with Crippen LogP contribution in [0.1, 0.15) is 15.9 Å². The maximum absolute atomic E-state index is 13.3. The molecule has 40 heavy (non-hydrogen) atoms. The summed E-state index contributed by atoms with van der Waals surface area (Å²) in [5, 5.41) is 1.36. The topological polar surface area (TPSA) is 109 Å². The molecule has 0 aliphatic carbocycles. The minimum atomic E-state index is -0.859. The summed E-state index contributed by atoms with van der Waals surface area (Å²) in [5.74, 6) is 2.15. The third-order valence-corrected chi connectivity index (χ3v) is 7.45. The van der Waals surface area contributed by atoms with E-state index < -0.39 is 30.6 Å². The number of carbonyl (C=O) groups excluding carboxylic acids is 1. The van der Waals surface area contributed by atoms with E-state index in [2.05, 4.69) is 0 Å². The van der Waals surface area contributed by atoms with Crippen molar-refractivity contribution < 1.29 is 52.2 Å². The summed E-state index contributed by atoms with van der Waals surface area (Å²) in [6.45, 7) is 0.434. The van der Waals surface area contributed by atoms with Crippen LogP contribution in [0.25, 0.3) is 21.9 Å². The molecule has 0 spiro atoms. The Morgan fingerprint density at radius 1 is 0.825 bits per heavy atom. The van der Waals surface area contributed by atoms with Crippen LogP contribution in [0.2, 0.25) is 0 Å². The Kier molecular flexibility index (Phi) is 7.05. The van der Waals surface area contributed by atoms with Crippen LogP contribution in [-0.2, 0) is 30.3 Å². The number of benzene rings is 3. The van der Waals surface area contributed by atoms with Crippen molar-refractivity contribution >= 4 is 16.7 Å². The van der Waals surface area contributed by atoms with Crippen LogP contribution in [0.3, 0.4) is 0 Å². The quantitative estimate of drug-likeness (QED) is 0.361. The molecule has 11 nitrogen and oxygen atoms in total. The van der Waals surface area contributed by atoms with Gasteiger partial charge in [-0.25, -0.2) is 4.79 Å². The van der Waals surface area contributed by atoms with Gasteiger partial charge in [-0.3, -0.25) is 0 Å². The van der Waals surface area contributed by atoms with Crippen molar-refractivity contribution in [1.29, 1.82) is 0 Å². The molecule has 0 N–H and O–H groups in total. The second-order valence-corrected chi connectivity index (χ2v) is 9.47. The summed E-state index contributed by atoms with van der Waals surface area (Å²) < 4.78 is 57.5. The van der Waals surface area contributed by atoms with Crippen molar-refractivity contribution in [2.24, 2.45) is 0 Å². The predicted molar refractivity (Wildman–Crippen MR) is 140 cm³/mol. The Bertz CT molecular complexity index is 1450. The summed E-state index contributed by atoms with van der Waals surface area (Å²) in [6, 6.07) is 9.19. The Labute approximate surface area is 230 Å². The summed E-state index contributed by atoms with van der Waals surface area (Å²) in [7, 11) is 7.85. The van der Waals surface area contributed by atoms with E-state index in [0.717, 1.165) is 5.56 Å². The van der Waals surface area contributed by atoms with Crippen LogP contribution in [-0.4, -0.2) is 79.5 Å². The number of rotatable bonds is 9. The molecule has 6 rings (SSSR count). The number of fused-ring (bicyclic) bond motifs is 3. The van der Waals surface area contributed by atoms with Gasteiger partial charge in [-0.2, -0.15) is 0 Å². The largest absolute Gasteiger partial charge is 0.493 e. The van der Waals surface area contributed by atoms with Gasteiger partial charge in [0.25, 0.3) is 0 Å². The van der Waals surface area contributed by atoms with Gasteiger partial charge >= 0.3 is 5.97 Å². The van der Waals surface area contributed by atoms with Gasteiger partial charge in [-0.15, -0.1) is 0 Å². The number of methoxy groups -OCH3 is 5. The van der Waals surface area contributed by atoms with Gasteiger partial charge in [0.1, 0.15) is 30.7 Å². The first-order valence-corrected chi connectivity index (χ1v) is 12.7. The van der Waals surface area contributed by atoms with Gasteiger partial charge in [-0.05, 0) is 35.2 Å².